The van der Waals surface area contributed by atoms with E-state index in [-0.39, 0.29) is 16.8 Å². The molecule has 7 heteroatoms. The Morgan fingerprint density at radius 3 is 2.42 bits per heavy atom. The molecular weight excluding hydrogens is 477 g/mol. The van der Waals surface area contributed by atoms with E-state index >= 15 is 0 Å². The first-order valence-corrected chi connectivity index (χ1v) is 13.0. The Bertz CT molecular complexity index is 916. The van der Waals surface area contributed by atoms with Crippen LogP contribution in [0.15, 0.2) is 48.5 Å². The lowest BCUT2D eigenvalue weighted by atomic mass is 9.90. The zero-order valence-corrected chi connectivity index (χ0v) is 21.7. The van der Waals surface area contributed by atoms with Crippen molar-refractivity contribution in [2.24, 2.45) is 0 Å². The Hall–Kier alpha value is -1.24. The molecule has 180 valence electrons. The van der Waals surface area contributed by atoms with Crippen molar-refractivity contribution in [3.8, 4) is 0 Å². The fourth-order valence-corrected chi connectivity index (χ4v) is 6.27. The van der Waals surface area contributed by atoms with E-state index in [1.165, 1.54) is 12.8 Å². The molecule has 0 aliphatic heterocycles. The summed E-state index contributed by atoms with van der Waals surface area (Å²) >= 11 is 14.5. The quantitative estimate of drug-likeness (QED) is 0.371. The highest BCUT2D eigenvalue weighted by atomic mass is 35.5. The summed E-state index contributed by atoms with van der Waals surface area (Å²) in [6.45, 7) is 6.37. The Labute approximate surface area is 211 Å². The highest BCUT2D eigenvalue weighted by Gasteiger charge is 2.34. The van der Waals surface area contributed by atoms with E-state index in [1.54, 1.807) is 6.07 Å². The minimum absolute atomic E-state index is 0.157. The van der Waals surface area contributed by atoms with Gasteiger partial charge in [0.25, 0.3) is 0 Å². The Morgan fingerprint density at radius 2 is 1.79 bits per heavy atom. The van der Waals surface area contributed by atoms with Gasteiger partial charge in [-0.15, -0.1) is 0 Å². The van der Waals surface area contributed by atoms with E-state index in [1.807, 2.05) is 54.2 Å². The van der Waals surface area contributed by atoms with Crippen molar-refractivity contribution >= 4 is 40.9 Å². The standard InChI is InChI=1S/C26H33Cl2NO3S/c1-26(2,3)33-22-10-5-4-9-21(22)29-24(17-11-13-19(27)14-12-17)25(32-16-23(30)31)18-7-6-8-20(28)15-18/h6-8,11-15,21-22,24-25,29H,4-5,9-10,16H2,1-3H3,(H,30,31). The van der Waals surface area contributed by atoms with Crippen molar-refractivity contribution in [1.82, 2.24) is 5.32 Å². The number of halogens is 2. The number of benzene rings is 2. The maximum atomic E-state index is 11.4. The van der Waals surface area contributed by atoms with Crippen LogP contribution in [0.5, 0.6) is 0 Å². The lowest BCUT2D eigenvalue weighted by Gasteiger charge is -2.40. The molecule has 2 N–H and O–H groups in total. The van der Waals surface area contributed by atoms with E-state index in [0.717, 1.165) is 24.0 Å². The minimum atomic E-state index is -1.00. The number of hydrogen-bond donors (Lipinski definition) is 2. The molecule has 1 saturated carbocycles. The predicted octanol–water partition coefficient (Wildman–Crippen LogP) is 7.31. The number of nitrogens with one attached hydrogen (secondary N) is 1. The molecular formula is C26H33Cl2NO3S. The molecule has 4 atom stereocenters. The number of carboxylic acid groups (broad SMARTS) is 1. The fourth-order valence-electron chi connectivity index (χ4n) is 4.37. The molecule has 4 nitrogen and oxygen atoms in total. The van der Waals surface area contributed by atoms with Crippen LogP contribution in [-0.2, 0) is 9.53 Å². The van der Waals surface area contributed by atoms with Crippen LogP contribution in [-0.4, -0.2) is 33.7 Å². The molecule has 0 spiro atoms. The molecule has 0 bridgehead atoms. The third kappa shape index (κ3) is 8.18. The van der Waals surface area contributed by atoms with Crippen LogP contribution in [0.3, 0.4) is 0 Å². The molecule has 0 saturated heterocycles. The molecule has 2 aromatic rings. The second kappa shape index (κ2) is 11.9. The molecule has 4 unspecified atom stereocenters. The third-order valence-corrected chi connectivity index (χ3v) is 7.76. The van der Waals surface area contributed by atoms with E-state index < -0.39 is 18.7 Å². The number of ether oxygens (including phenoxy) is 1. The SMILES string of the molecule is CC(C)(C)SC1CCCCC1NC(c1ccc(Cl)cc1)C(OCC(=O)O)c1cccc(Cl)c1. The summed E-state index contributed by atoms with van der Waals surface area (Å²) in [5.74, 6) is -1.00. The van der Waals surface area contributed by atoms with Gasteiger partial charge in [0.05, 0.1) is 6.04 Å². The molecule has 2 aromatic carbocycles. The summed E-state index contributed by atoms with van der Waals surface area (Å²) in [6.07, 6.45) is 4.10. The van der Waals surface area contributed by atoms with Crippen molar-refractivity contribution in [2.75, 3.05) is 6.61 Å². The molecule has 1 aliphatic rings. The number of aliphatic carboxylic acids is 1. The summed E-state index contributed by atoms with van der Waals surface area (Å²) in [5.41, 5.74) is 1.84. The van der Waals surface area contributed by atoms with Gasteiger partial charge in [0, 0.05) is 26.1 Å². The van der Waals surface area contributed by atoms with Crippen molar-refractivity contribution in [1.29, 1.82) is 0 Å². The van der Waals surface area contributed by atoms with Gasteiger partial charge >= 0.3 is 5.97 Å². The number of carboxylic acids is 1. The highest BCUT2D eigenvalue weighted by Crippen LogP contribution is 2.40. The number of rotatable bonds is 9. The summed E-state index contributed by atoms with van der Waals surface area (Å²) in [5, 5.41) is 14.9. The molecule has 0 heterocycles. The average Bonchev–Trinajstić information content (AvgIpc) is 2.74. The zero-order chi connectivity index (χ0) is 24.0. The van der Waals surface area contributed by atoms with E-state index in [2.05, 4.69) is 26.1 Å². The first kappa shape index (κ1) is 26.4. The maximum absolute atomic E-state index is 11.4. The summed E-state index contributed by atoms with van der Waals surface area (Å²) < 4.78 is 6.17. The molecule has 1 fully saturated rings. The average molecular weight is 511 g/mol. The predicted molar refractivity (Wildman–Crippen MR) is 138 cm³/mol. The van der Waals surface area contributed by atoms with E-state index in [0.29, 0.717) is 15.3 Å². The minimum Gasteiger partial charge on any atom is -0.480 e. The van der Waals surface area contributed by atoms with Crippen LogP contribution in [0, 0.1) is 0 Å². The number of hydrogen-bond acceptors (Lipinski definition) is 4. The summed E-state index contributed by atoms with van der Waals surface area (Å²) in [6, 6.07) is 15.2. The molecule has 1 aliphatic carbocycles. The van der Waals surface area contributed by atoms with Crippen molar-refractivity contribution in [3.05, 3.63) is 69.7 Å². The van der Waals surface area contributed by atoms with Gasteiger partial charge in [0.2, 0.25) is 0 Å². The zero-order valence-electron chi connectivity index (χ0n) is 19.4. The topological polar surface area (TPSA) is 58.6 Å². The monoisotopic (exact) mass is 509 g/mol. The van der Waals surface area contributed by atoms with Gasteiger partial charge in [0.15, 0.2) is 0 Å². The van der Waals surface area contributed by atoms with Crippen LogP contribution in [0.4, 0.5) is 0 Å². The van der Waals surface area contributed by atoms with Crippen LogP contribution >= 0.6 is 35.0 Å². The van der Waals surface area contributed by atoms with Crippen molar-refractivity contribution in [2.45, 2.75) is 74.6 Å². The van der Waals surface area contributed by atoms with Gasteiger partial charge in [0.1, 0.15) is 12.7 Å². The first-order valence-electron chi connectivity index (χ1n) is 11.4. The largest absolute Gasteiger partial charge is 0.480 e. The van der Waals surface area contributed by atoms with E-state index in [4.69, 9.17) is 27.9 Å². The lowest BCUT2D eigenvalue weighted by Crippen LogP contribution is -2.45. The maximum Gasteiger partial charge on any atom is 0.329 e. The first-order chi connectivity index (χ1) is 15.6. The second-order valence-corrected chi connectivity index (χ2v) is 12.5. The fraction of sp³-hybridized carbons (Fsp3) is 0.500. The smallest absolute Gasteiger partial charge is 0.329 e. The Morgan fingerprint density at radius 1 is 1.09 bits per heavy atom. The molecule has 0 amide bonds. The van der Waals surface area contributed by atoms with Crippen LogP contribution in [0.2, 0.25) is 10.0 Å². The van der Waals surface area contributed by atoms with Crippen LogP contribution < -0.4 is 5.32 Å². The Kier molecular flexibility index (Phi) is 9.54. The molecule has 33 heavy (non-hydrogen) atoms. The van der Waals surface area contributed by atoms with Gasteiger partial charge in [-0.3, -0.25) is 0 Å². The highest BCUT2D eigenvalue weighted by molar-refractivity contribution is 8.01. The molecule has 3 rings (SSSR count). The number of carbonyl (C=O) groups is 1. The second-order valence-electron chi connectivity index (χ2n) is 9.54. The van der Waals surface area contributed by atoms with Crippen molar-refractivity contribution in [3.63, 3.8) is 0 Å². The lowest BCUT2D eigenvalue weighted by molar-refractivity contribution is -0.145. The normalized spacial score (nSPS) is 20.9. The third-order valence-electron chi connectivity index (χ3n) is 5.70. The van der Waals surface area contributed by atoms with Crippen LogP contribution in [0.25, 0.3) is 0 Å². The van der Waals surface area contributed by atoms with Crippen LogP contribution in [0.1, 0.15) is 69.7 Å². The molecule has 0 aromatic heterocycles. The van der Waals surface area contributed by atoms with Gasteiger partial charge in [-0.05, 0) is 48.2 Å². The summed E-state index contributed by atoms with van der Waals surface area (Å²) in [4.78, 5) is 11.4. The number of thioether (sulfide) groups is 1. The van der Waals surface area contributed by atoms with Crippen molar-refractivity contribution < 1.29 is 14.6 Å². The van der Waals surface area contributed by atoms with Gasteiger partial charge < -0.3 is 15.2 Å². The van der Waals surface area contributed by atoms with Gasteiger partial charge in [-0.25, -0.2) is 4.79 Å². The molecule has 0 radical (unpaired) electrons. The Balaban J connectivity index is 1.99. The summed E-state index contributed by atoms with van der Waals surface area (Å²) in [7, 11) is 0. The van der Waals surface area contributed by atoms with Gasteiger partial charge in [-0.1, -0.05) is 81.1 Å². The van der Waals surface area contributed by atoms with E-state index in [9.17, 15) is 9.90 Å². The van der Waals surface area contributed by atoms with Gasteiger partial charge in [-0.2, -0.15) is 11.8 Å².